The number of halogens is 1. The highest BCUT2D eigenvalue weighted by atomic mass is 79.9. The molecule has 0 unspecified atom stereocenters. The molecule has 0 aliphatic rings. The van der Waals surface area contributed by atoms with Crippen LogP contribution in [0.15, 0.2) is 26.9 Å². The molecule has 1 rings (SSSR count). The average molecular weight is 367 g/mol. The molecule has 0 atom stereocenters. The number of primary sulfonamides is 1. The lowest BCUT2D eigenvalue weighted by atomic mass is 10.3. The highest BCUT2D eigenvalue weighted by Crippen LogP contribution is 2.31. The molecule has 1 aromatic heterocycles. The Bertz CT molecular complexity index is 607. The van der Waals surface area contributed by atoms with Crippen molar-refractivity contribution in [1.82, 2.24) is 4.90 Å². The zero-order chi connectivity index (χ0) is 14.8. The molecule has 19 heavy (non-hydrogen) atoms. The molecule has 0 saturated heterocycles. The summed E-state index contributed by atoms with van der Waals surface area (Å²) in [6.45, 7) is 8.41. The zero-order valence-corrected chi connectivity index (χ0v) is 13.9. The van der Waals surface area contributed by atoms with E-state index >= 15 is 0 Å². The Balaban J connectivity index is 3.10. The highest BCUT2D eigenvalue weighted by molar-refractivity contribution is 9.11. The Morgan fingerprint density at radius 2 is 2.16 bits per heavy atom. The summed E-state index contributed by atoms with van der Waals surface area (Å²) < 4.78 is 23.0. The number of hydrogen-bond acceptors (Lipinski definition) is 4. The molecule has 0 fully saturated rings. The number of carbonyl (C=O) groups is 1. The monoisotopic (exact) mass is 366 g/mol. The van der Waals surface area contributed by atoms with Gasteiger partial charge in [0.2, 0.25) is 10.0 Å². The van der Waals surface area contributed by atoms with Gasteiger partial charge in [-0.2, -0.15) is 0 Å². The summed E-state index contributed by atoms with van der Waals surface area (Å²) in [4.78, 5) is 14.1. The normalized spacial score (nSPS) is 11.4. The van der Waals surface area contributed by atoms with E-state index < -0.39 is 10.0 Å². The van der Waals surface area contributed by atoms with Crippen LogP contribution in [0.25, 0.3) is 0 Å². The van der Waals surface area contributed by atoms with Gasteiger partial charge in [-0.15, -0.1) is 11.3 Å². The quantitative estimate of drug-likeness (QED) is 0.811. The van der Waals surface area contributed by atoms with Crippen LogP contribution in [0.5, 0.6) is 0 Å². The van der Waals surface area contributed by atoms with Gasteiger partial charge in [-0.1, -0.05) is 12.2 Å². The molecule has 106 valence electrons. The van der Waals surface area contributed by atoms with E-state index in [9.17, 15) is 13.2 Å². The molecule has 0 radical (unpaired) electrons. The molecule has 0 bridgehead atoms. The third kappa shape index (κ3) is 4.13. The lowest BCUT2D eigenvalue weighted by Gasteiger charge is -2.19. The molecule has 0 aliphatic carbocycles. The standard InChI is InChI=1S/C11H15BrN2O3S2/c1-4-14(6-7(2)3)11(15)8-5-9(10(12)18-8)19(13,16)17/h5H,2,4,6H2,1,3H3,(H2,13,16,17). The fourth-order valence-corrected chi connectivity index (χ4v) is 4.57. The maximum Gasteiger partial charge on any atom is 0.264 e. The molecular formula is C11H15BrN2O3S2. The first-order chi connectivity index (χ1) is 8.66. The van der Waals surface area contributed by atoms with Gasteiger partial charge in [-0.05, 0) is 35.8 Å². The number of sulfonamides is 1. The van der Waals surface area contributed by atoms with Crippen molar-refractivity contribution in [2.75, 3.05) is 13.1 Å². The van der Waals surface area contributed by atoms with Gasteiger partial charge in [0, 0.05) is 13.1 Å². The van der Waals surface area contributed by atoms with Gasteiger partial charge in [-0.25, -0.2) is 13.6 Å². The summed E-state index contributed by atoms with van der Waals surface area (Å²) in [5.41, 5.74) is 0.859. The maximum atomic E-state index is 12.2. The number of rotatable bonds is 5. The highest BCUT2D eigenvalue weighted by Gasteiger charge is 2.22. The van der Waals surface area contributed by atoms with Crippen LogP contribution in [0.4, 0.5) is 0 Å². The molecule has 8 heteroatoms. The molecule has 2 N–H and O–H groups in total. The van der Waals surface area contributed by atoms with Crippen molar-refractivity contribution >= 4 is 43.2 Å². The van der Waals surface area contributed by atoms with Crippen LogP contribution in [-0.2, 0) is 10.0 Å². The van der Waals surface area contributed by atoms with E-state index in [0.29, 0.717) is 21.8 Å². The maximum absolute atomic E-state index is 12.2. The van der Waals surface area contributed by atoms with E-state index in [2.05, 4.69) is 22.5 Å². The Kier molecular flexibility index (Phi) is 5.31. The molecule has 1 aromatic rings. The molecule has 1 amide bonds. The predicted octanol–water partition coefficient (Wildman–Crippen LogP) is 2.20. The van der Waals surface area contributed by atoms with Gasteiger partial charge < -0.3 is 4.90 Å². The van der Waals surface area contributed by atoms with Crippen LogP contribution in [0.3, 0.4) is 0 Å². The van der Waals surface area contributed by atoms with Crippen molar-refractivity contribution < 1.29 is 13.2 Å². The minimum atomic E-state index is -3.83. The van der Waals surface area contributed by atoms with Gasteiger partial charge in [0.1, 0.15) is 4.90 Å². The average Bonchev–Trinajstić information content (AvgIpc) is 2.66. The molecular weight excluding hydrogens is 352 g/mol. The zero-order valence-electron chi connectivity index (χ0n) is 10.6. The number of likely N-dealkylation sites (N-methyl/N-ethyl adjacent to an activating group) is 1. The summed E-state index contributed by atoms with van der Waals surface area (Å²) in [5, 5.41) is 5.07. The summed E-state index contributed by atoms with van der Waals surface area (Å²) in [7, 11) is -3.83. The van der Waals surface area contributed by atoms with Crippen LogP contribution in [-0.4, -0.2) is 32.3 Å². The lowest BCUT2D eigenvalue weighted by Crippen LogP contribution is -2.31. The van der Waals surface area contributed by atoms with E-state index in [1.54, 1.807) is 4.90 Å². The topological polar surface area (TPSA) is 80.5 Å². The summed E-state index contributed by atoms with van der Waals surface area (Å²) >= 11 is 4.17. The number of hydrogen-bond donors (Lipinski definition) is 1. The summed E-state index contributed by atoms with van der Waals surface area (Å²) in [6.07, 6.45) is 0. The summed E-state index contributed by atoms with van der Waals surface area (Å²) in [6, 6.07) is 1.30. The first kappa shape index (κ1) is 16.4. The Morgan fingerprint density at radius 3 is 2.53 bits per heavy atom. The van der Waals surface area contributed by atoms with E-state index in [-0.39, 0.29) is 10.8 Å². The molecule has 0 spiro atoms. The second-order valence-corrected chi connectivity index (χ2v) is 7.97. The first-order valence-corrected chi connectivity index (χ1v) is 8.58. The van der Waals surface area contributed by atoms with Crippen molar-refractivity contribution in [2.45, 2.75) is 18.7 Å². The number of carbonyl (C=O) groups excluding carboxylic acids is 1. The fourth-order valence-electron chi connectivity index (χ4n) is 1.46. The van der Waals surface area contributed by atoms with E-state index in [1.165, 1.54) is 6.07 Å². The Hall–Kier alpha value is -0.700. The van der Waals surface area contributed by atoms with Crippen molar-refractivity contribution in [2.24, 2.45) is 5.14 Å². The van der Waals surface area contributed by atoms with Crippen LogP contribution in [0.2, 0.25) is 0 Å². The van der Waals surface area contributed by atoms with Gasteiger partial charge in [-0.3, -0.25) is 4.79 Å². The van der Waals surface area contributed by atoms with Crippen LogP contribution >= 0.6 is 27.3 Å². The largest absolute Gasteiger partial charge is 0.334 e. The minimum absolute atomic E-state index is 0.0628. The molecule has 0 aromatic carbocycles. The SMILES string of the molecule is C=C(C)CN(CC)C(=O)c1cc(S(N)(=O)=O)c(Br)s1. The van der Waals surface area contributed by atoms with Crippen molar-refractivity contribution in [1.29, 1.82) is 0 Å². The molecule has 0 aliphatic heterocycles. The first-order valence-electron chi connectivity index (χ1n) is 5.42. The number of nitrogens with zero attached hydrogens (tertiary/aromatic N) is 1. The third-order valence-electron chi connectivity index (χ3n) is 2.30. The van der Waals surface area contributed by atoms with Gasteiger partial charge in [0.15, 0.2) is 0 Å². The Morgan fingerprint density at radius 1 is 1.58 bits per heavy atom. The van der Waals surface area contributed by atoms with E-state index in [1.807, 2.05) is 13.8 Å². The van der Waals surface area contributed by atoms with Crippen molar-refractivity contribution in [3.63, 3.8) is 0 Å². The third-order valence-corrected chi connectivity index (χ3v) is 5.45. The number of thiophene rings is 1. The fraction of sp³-hybridized carbons (Fsp3) is 0.364. The van der Waals surface area contributed by atoms with Crippen molar-refractivity contribution in [3.8, 4) is 0 Å². The van der Waals surface area contributed by atoms with Crippen LogP contribution < -0.4 is 5.14 Å². The number of nitrogens with two attached hydrogens (primary N) is 1. The van der Waals surface area contributed by atoms with Crippen LogP contribution in [0, 0.1) is 0 Å². The van der Waals surface area contributed by atoms with Gasteiger partial charge in [0.05, 0.1) is 8.66 Å². The van der Waals surface area contributed by atoms with E-state index in [4.69, 9.17) is 5.14 Å². The minimum Gasteiger partial charge on any atom is -0.334 e. The van der Waals surface area contributed by atoms with Crippen molar-refractivity contribution in [3.05, 3.63) is 26.9 Å². The van der Waals surface area contributed by atoms with E-state index in [0.717, 1.165) is 16.9 Å². The Labute approximate surface area is 125 Å². The van der Waals surface area contributed by atoms with Gasteiger partial charge in [0.25, 0.3) is 5.91 Å². The second kappa shape index (κ2) is 6.17. The lowest BCUT2D eigenvalue weighted by molar-refractivity contribution is 0.0783. The summed E-state index contributed by atoms with van der Waals surface area (Å²) in [5.74, 6) is -0.230. The predicted molar refractivity (Wildman–Crippen MR) is 79.8 cm³/mol. The second-order valence-electron chi connectivity index (χ2n) is 4.07. The number of amides is 1. The molecule has 0 saturated carbocycles. The smallest absolute Gasteiger partial charge is 0.264 e. The molecule has 5 nitrogen and oxygen atoms in total. The van der Waals surface area contributed by atoms with Crippen LogP contribution in [0.1, 0.15) is 23.5 Å². The molecule has 1 heterocycles. The van der Waals surface area contributed by atoms with Gasteiger partial charge >= 0.3 is 0 Å².